The smallest absolute Gasteiger partial charge is 0.0662 e. The summed E-state index contributed by atoms with van der Waals surface area (Å²) in [5.74, 6) is 0. The summed E-state index contributed by atoms with van der Waals surface area (Å²) in [4.78, 5) is 0. The van der Waals surface area contributed by atoms with Gasteiger partial charge in [0, 0.05) is 24.4 Å². The monoisotopic (exact) mass is 183 g/mol. The highest BCUT2D eigenvalue weighted by atomic mass is 16.5. The van der Waals surface area contributed by atoms with Crippen molar-refractivity contribution in [3.63, 3.8) is 0 Å². The van der Waals surface area contributed by atoms with Crippen LogP contribution in [-0.2, 0) is 17.8 Å². The molecule has 0 saturated carbocycles. The maximum Gasteiger partial charge on any atom is 0.0662 e. The number of ether oxygens (including phenoxy) is 1. The van der Waals surface area contributed by atoms with Crippen molar-refractivity contribution in [3.8, 4) is 0 Å². The summed E-state index contributed by atoms with van der Waals surface area (Å²) in [6.45, 7) is 6.84. The molecule has 1 heterocycles. The van der Waals surface area contributed by atoms with Gasteiger partial charge in [-0.25, -0.2) is 0 Å². The van der Waals surface area contributed by atoms with Gasteiger partial charge in [0.15, 0.2) is 0 Å². The average molecular weight is 183 g/mol. The molecule has 0 aliphatic heterocycles. The number of nitrogens with two attached hydrogens (primary N) is 1. The van der Waals surface area contributed by atoms with Gasteiger partial charge in [-0.05, 0) is 13.8 Å². The van der Waals surface area contributed by atoms with Gasteiger partial charge in [-0.1, -0.05) is 0 Å². The summed E-state index contributed by atoms with van der Waals surface area (Å²) in [6, 6.07) is 0. The highest BCUT2D eigenvalue weighted by Crippen LogP contribution is 2.05. The van der Waals surface area contributed by atoms with Gasteiger partial charge in [-0.15, -0.1) is 0 Å². The van der Waals surface area contributed by atoms with E-state index in [1.165, 1.54) is 0 Å². The Morgan fingerprint density at radius 1 is 1.62 bits per heavy atom. The van der Waals surface area contributed by atoms with Crippen LogP contribution in [0.15, 0.2) is 6.20 Å². The lowest BCUT2D eigenvalue weighted by atomic mass is 10.3. The normalized spacial score (nSPS) is 10.7. The largest absolute Gasteiger partial charge is 0.380 e. The summed E-state index contributed by atoms with van der Waals surface area (Å²) in [7, 11) is 0. The maximum absolute atomic E-state index is 5.53. The Morgan fingerprint density at radius 3 is 2.92 bits per heavy atom. The third kappa shape index (κ3) is 2.54. The van der Waals surface area contributed by atoms with Crippen molar-refractivity contribution in [2.24, 2.45) is 5.73 Å². The Balaban J connectivity index is 2.51. The maximum atomic E-state index is 5.53. The number of hydrogen-bond acceptors (Lipinski definition) is 3. The Morgan fingerprint density at radius 2 is 2.38 bits per heavy atom. The van der Waals surface area contributed by atoms with Gasteiger partial charge in [0.05, 0.1) is 19.3 Å². The number of nitrogens with zero attached hydrogens (tertiary/aromatic N) is 2. The molecule has 0 saturated heterocycles. The van der Waals surface area contributed by atoms with E-state index in [0.717, 1.165) is 24.4 Å². The van der Waals surface area contributed by atoms with Crippen LogP contribution in [0, 0.1) is 6.92 Å². The summed E-state index contributed by atoms with van der Waals surface area (Å²) < 4.78 is 7.17. The molecule has 0 aliphatic carbocycles. The molecule has 2 N–H and O–H groups in total. The fraction of sp³-hybridized carbons (Fsp3) is 0.667. The van der Waals surface area contributed by atoms with Crippen LogP contribution in [0.25, 0.3) is 0 Å². The van der Waals surface area contributed by atoms with E-state index < -0.39 is 0 Å². The second-order valence-electron chi connectivity index (χ2n) is 2.88. The van der Waals surface area contributed by atoms with Crippen LogP contribution in [0.1, 0.15) is 18.2 Å². The third-order valence-electron chi connectivity index (χ3n) is 2.08. The SMILES string of the molecule is CCOCCn1ncc(CN)c1C. The zero-order valence-corrected chi connectivity index (χ0v) is 8.29. The number of aromatic nitrogens is 2. The molecule has 4 nitrogen and oxygen atoms in total. The van der Waals surface area contributed by atoms with E-state index in [1.54, 1.807) is 0 Å². The molecule has 1 aromatic rings. The highest BCUT2D eigenvalue weighted by Gasteiger charge is 2.03. The van der Waals surface area contributed by atoms with E-state index in [1.807, 2.05) is 24.7 Å². The van der Waals surface area contributed by atoms with Gasteiger partial charge in [-0.2, -0.15) is 5.10 Å². The first kappa shape index (κ1) is 10.2. The molecule has 0 amide bonds. The lowest BCUT2D eigenvalue weighted by molar-refractivity contribution is 0.136. The lowest BCUT2D eigenvalue weighted by Crippen LogP contribution is -2.09. The van der Waals surface area contributed by atoms with Crippen molar-refractivity contribution < 1.29 is 4.74 Å². The van der Waals surface area contributed by atoms with Gasteiger partial charge in [-0.3, -0.25) is 4.68 Å². The van der Waals surface area contributed by atoms with Crippen LogP contribution < -0.4 is 5.73 Å². The summed E-state index contributed by atoms with van der Waals surface area (Å²) in [6.07, 6.45) is 1.82. The summed E-state index contributed by atoms with van der Waals surface area (Å²) in [5, 5.41) is 4.22. The van der Waals surface area contributed by atoms with Crippen molar-refractivity contribution in [2.75, 3.05) is 13.2 Å². The van der Waals surface area contributed by atoms with E-state index in [2.05, 4.69) is 5.10 Å². The first-order chi connectivity index (χ1) is 6.29. The van der Waals surface area contributed by atoms with E-state index in [-0.39, 0.29) is 0 Å². The average Bonchev–Trinajstić information content (AvgIpc) is 2.48. The van der Waals surface area contributed by atoms with Crippen molar-refractivity contribution in [1.82, 2.24) is 9.78 Å². The first-order valence-electron chi connectivity index (χ1n) is 4.58. The van der Waals surface area contributed by atoms with Crippen LogP contribution in [0.2, 0.25) is 0 Å². The molecule has 0 unspecified atom stereocenters. The molecule has 0 fully saturated rings. The Labute approximate surface area is 78.7 Å². The number of rotatable bonds is 5. The molecule has 74 valence electrons. The van der Waals surface area contributed by atoms with Crippen LogP contribution in [0.5, 0.6) is 0 Å². The molecule has 13 heavy (non-hydrogen) atoms. The van der Waals surface area contributed by atoms with Crippen LogP contribution in [-0.4, -0.2) is 23.0 Å². The fourth-order valence-corrected chi connectivity index (χ4v) is 1.21. The molecular weight excluding hydrogens is 166 g/mol. The molecular formula is C9H17N3O. The van der Waals surface area contributed by atoms with Crippen LogP contribution in [0.4, 0.5) is 0 Å². The minimum atomic E-state index is 0.556. The molecule has 4 heteroatoms. The molecule has 1 aromatic heterocycles. The van der Waals surface area contributed by atoms with Crippen molar-refractivity contribution >= 4 is 0 Å². The fourth-order valence-electron chi connectivity index (χ4n) is 1.21. The Kier molecular flexibility index (Phi) is 3.92. The Hall–Kier alpha value is -0.870. The van der Waals surface area contributed by atoms with Crippen LogP contribution in [0.3, 0.4) is 0 Å². The standard InChI is InChI=1S/C9H17N3O/c1-3-13-5-4-12-8(2)9(6-10)7-11-12/h7H,3-6,10H2,1-2H3. The highest BCUT2D eigenvalue weighted by molar-refractivity contribution is 5.15. The minimum Gasteiger partial charge on any atom is -0.380 e. The molecule has 0 aromatic carbocycles. The Bertz CT molecular complexity index is 257. The molecule has 0 radical (unpaired) electrons. The quantitative estimate of drug-likeness (QED) is 0.683. The van der Waals surface area contributed by atoms with Crippen LogP contribution >= 0.6 is 0 Å². The lowest BCUT2D eigenvalue weighted by Gasteiger charge is -2.04. The van der Waals surface area contributed by atoms with E-state index >= 15 is 0 Å². The summed E-state index contributed by atoms with van der Waals surface area (Å²) >= 11 is 0. The zero-order chi connectivity index (χ0) is 9.68. The first-order valence-corrected chi connectivity index (χ1v) is 4.58. The van der Waals surface area contributed by atoms with Crippen molar-refractivity contribution in [3.05, 3.63) is 17.5 Å². The third-order valence-corrected chi connectivity index (χ3v) is 2.08. The van der Waals surface area contributed by atoms with Crippen molar-refractivity contribution in [2.45, 2.75) is 26.9 Å². The van der Waals surface area contributed by atoms with Gasteiger partial charge >= 0.3 is 0 Å². The zero-order valence-electron chi connectivity index (χ0n) is 8.29. The molecule has 0 bridgehead atoms. The molecule has 0 aliphatic rings. The molecule has 1 rings (SSSR count). The van der Waals surface area contributed by atoms with Gasteiger partial charge in [0.2, 0.25) is 0 Å². The summed E-state index contributed by atoms with van der Waals surface area (Å²) in [5.41, 5.74) is 7.78. The second-order valence-corrected chi connectivity index (χ2v) is 2.88. The van der Waals surface area contributed by atoms with Gasteiger partial charge in [0.25, 0.3) is 0 Å². The predicted molar refractivity (Wildman–Crippen MR) is 51.3 cm³/mol. The predicted octanol–water partition coefficient (Wildman–Crippen LogP) is 0.687. The number of hydrogen-bond donors (Lipinski definition) is 1. The van der Waals surface area contributed by atoms with Crippen molar-refractivity contribution in [1.29, 1.82) is 0 Å². The molecule has 0 atom stereocenters. The minimum absolute atomic E-state index is 0.556. The van der Waals surface area contributed by atoms with E-state index in [9.17, 15) is 0 Å². The van der Waals surface area contributed by atoms with E-state index in [4.69, 9.17) is 10.5 Å². The molecule has 0 spiro atoms. The van der Waals surface area contributed by atoms with Gasteiger partial charge in [0.1, 0.15) is 0 Å². The van der Waals surface area contributed by atoms with E-state index in [0.29, 0.717) is 13.2 Å². The van der Waals surface area contributed by atoms with Gasteiger partial charge < -0.3 is 10.5 Å². The second kappa shape index (κ2) is 4.99. The topological polar surface area (TPSA) is 53.1 Å².